The molecule has 0 radical (unpaired) electrons. The van der Waals surface area contributed by atoms with E-state index in [0.717, 1.165) is 25.7 Å². The third kappa shape index (κ3) is 3.70. The number of amides is 1. The Morgan fingerprint density at radius 1 is 1.14 bits per heavy atom. The molecule has 3 heteroatoms. The minimum Gasteiger partial charge on any atom is -0.333 e. The molecule has 3 nitrogen and oxygen atoms in total. The summed E-state index contributed by atoms with van der Waals surface area (Å²) >= 11 is 0. The van der Waals surface area contributed by atoms with Crippen molar-refractivity contribution in [2.24, 2.45) is 5.41 Å². The van der Waals surface area contributed by atoms with Crippen LogP contribution in [0.3, 0.4) is 0 Å². The van der Waals surface area contributed by atoms with Crippen LogP contribution in [0.25, 0.3) is 0 Å². The molecule has 0 spiro atoms. The first-order valence-corrected chi connectivity index (χ1v) is 8.52. The summed E-state index contributed by atoms with van der Waals surface area (Å²) in [5.74, 6) is 0.303. The Balaban J connectivity index is 1.79. The van der Waals surface area contributed by atoms with Crippen molar-refractivity contribution in [3.8, 4) is 0 Å². The van der Waals surface area contributed by atoms with Gasteiger partial charge in [0.1, 0.15) is 0 Å². The van der Waals surface area contributed by atoms with Crippen LogP contribution >= 0.6 is 0 Å². The number of benzene rings is 1. The van der Waals surface area contributed by atoms with Gasteiger partial charge < -0.3 is 4.90 Å². The van der Waals surface area contributed by atoms with Crippen LogP contribution < -0.4 is 0 Å². The van der Waals surface area contributed by atoms with E-state index in [2.05, 4.69) is 54.8 Å². The van der Waals surface area contributed by atoms with E-state index >= 15 is 0 Å². The Labute approximate surface area is 134 Å². The van der Waals surface area contributed by atoms with Gasteiger partial charge in [-0.15, -0.1) is 0 Å². The lowest BCUT2D eigenvalue weighted by Crippen LogP contribution is -2.51. The molecule has 1 aromatic carbocycles. The summed E-state index contributed by atoms with van der Waals surface area (Å²) in [6.07, 6.45) is 3.29. The standard InChI is InChI=1S/C19H28N2O/c1-19(2,3)13-18(22)21-12-11-20(16-9-10-16)14-17(21)15-7-5-4-6-8-15/h4-8,16-17H,9-14H2,1-3H3. The zero-order valence-corrected chi connectivity index (χ0v) is 14.1. The van der Waals surface area contributed by atoms with Crippen LogP contribution in [0.2, 0.25) is 0 Å². The summed E-state index contributed by atoms with van der Waals surface area (Å²) in [5.41, 5.74) is 1.32. The van der Waals surface area contributed by atoms with Crippen LogP contribution in [0.5, 0.6) is 0 Å². The van der Waals surface area contributed by atoms with Crippen molar-refractivity contribution in [3.05, 3.63) is 35.9 Å². The Morgan fingerprint density at radius 3 is 2.41 bits per heavy atom. The summed E-state index contributed by atoms with van der Waals surface area (Å²) in [6.45, 7) is 9.31. The highest BCUT2D eigenvalue weighted by molar-refractivity contribution is 5.77. The topological polar surface area (TPSA) is 23.6 Å². The van der Waals surface area contributed by atoms with Gasteiger partial charge in [0.25, 0.3) is 0 Å². The van der Waals surface area contributed by atoms with E-state index in [0.29, 0.717) is 12.3 Å². The van der Waals surface area contributed by atoms with E-state index in [9.17, 15) is 4.79 Å². The zero-order chi connectivity index (χ0) is 15.7. The van der Waals surface area contributed by atoms with Gasteiger partial charge in [0, 0.05) is 32.1 Å². The molecule has 1 atom stereocenters. The number of hydrogen-bond acceptors (Lipinski definition) is 2. The number of piperazine rings is 1. The van der Waals surface area contributed by atoms with E-state index in [1.165, 1.54) is 18.4 Å². The molecule has 2 aliphatic rings. The van der Waals surface area contributed by atoms with Crippen LogP contribution in [0.15, 0.2) is 30.3 Å². The quantitative estimate of drug-likeness (QED) is 0.853. The molecule has 22 heavy (non-hydrogen) atoms. The van der Waals surface area contributed by atoms with Crippen molar-refractivity contribution in [2.45, 2.75) is 52.1 Å². The highest BCUT2D eigenvalue weighted by atomic mass is 16.2. The summed E-state index contributed by atoms with van der Waals surface area (Å²) in [7, 11) is 0. The molecule has 0 N–H and O–H groups in total. The second-order valence-corrected chi connectivity index (χ2v) is 7.98. The Kier molecular flexibility index (Phi) is 4.26. The first kappa shape index (κ1) is 15.5. The lowest BCUT2D eigenvalue weighted by Gasteiger charge is -2.42. The van der Waals surface area contributed by atoms with E-state index in [1.54, 1.807) is 0 Å². The van der Waals surface area contributed by atoms with Gasteiger partial charge in [-0.05, 0) is 23.8 Å². The molecule has 1 saturated carbocycles. The summed E-state index contributed by atoms with van der Waals surface area (Å²) < 4.78 is 0. The molecule has 3 rings (SSSR count). The van der Waals surface area contributed by atoms with E-state index in [-0.39, 0.29) is 11.5 Å². The van der Waals surface area contributed by atoms with Gasteiger partial charge in [-0.3, -0.25) is 9.69 Å². The average molecular weight is 300 g/mol. The molecule has 1 aromatic rings. The maximum Gasteiger partial charge on any atom is 0.223 e. The molecule has 0 aromatic heterocycles. The predicted molar refractivity (Wildman–Crippen MR) is 89.6 cm³/mol. The molecule has 120 valence electrons. The minimum atomic E-state index is 0.0476. The maximum atomic E-state index is 12.8. The highest BCUT2D eigenvalue weighted by Crippen LogP contribution is 2.34. The Hall–Kier alpha value is -1.35. The van der Waals surface area contributed by atoms with E-state index in [1.807, 2.05) is 6.07 Å². The van der Waals surface area contributed by atoms with Crippen molar-refractivity contribution >= 4 is 5.91 Å². The summed E-state index contributed by atoms with van der Waals surface area (Å²) in [4.78, 5) is 17.5. The second-order valence-electron chi connectivity index (χ2n) is 7.98. The third-order valence-corrected chi connectivity index (χ3v) is 4.66. The van der Waals surface area contributed by atoms with Crippen molar-refractivity contribution in [2.75, 3.05) is 19.6 Å². The van der Waals surface area contributed by atoms with Gasteiger partial charge >= 0.3 is 0 Å². The van der Waals surface area contributed by atoms with Gasteiger partial charge in [0.05, 0.1) is 6.04 Å². The van der Waals surface area contributed by atoms with Crippen molar-refractivity contribution in [1.29, 1.82) is 0 Å². The van der Waals surface area contributed by atoms with Crippen LogP contribution in [-0.4, -0.2) is 41.4 Å². The van der Waals surface area contributed by atoms with Crippen molar-refractivity contribution in [1.82, 2.24) is 9.80 Å². The largest absolute Gasteiger partial charge is 0.333 e. The van der Waals surface area contributed by atoms with Crippen LogP contribution in [0.4, 0.5) is 0 Å². The molecule has 1 amide bonds. The minimum absolute atomic E-state index is 0.0476. The fourth-order valence-corrected chi connectivity index (χ4v) is 3.39. The molecule has 1 heterocycles. The number of nitrogens with zero attached hydrogens (tertiary/aromatic N) is 2. The summed E-state index contributed by atoms with van der Waals surface area (Å²) in [6, 6.07) is 11.5. The first-order valence-electron chi connectivity index (χ1n) is 8.52. The molecule has 0 bridgehead atoms. The molecule has 1 aliphatic heterocycles. The molecule has 1 saturated heterocycles. The molecular formula is C19H28N2O. The lowest BCUT2D eigenvalue weighted by atomic mass is 9.90. The Morgan fingerprint density at radius 2 is 1.82 bits per heavy atom. The predicted octanol–water partition coefficient (Wildman–Crippen LogP) is 3.47. The van der Waals surface area contributed by atoms with Gasteiger partial charge in [-0.25, -0.2) is 0 Å². The summed E-state index contributed by atoms with van der Waals surface area (Å²) in [5, 5.41) is 0. The SMILES string of the molecule is CC(C)(C)CC(=O)N1CCN(C2CC2)CC1c1ccccc1. The van der Waals surface area contributed by atoms with Crippen molar-refractivity contribution in [3.63, 3.8) is 0 Å². The second kappa shape index (κ2) is 6.04. The number of rotatable bonds is 3. The first-order chi connectivity index (χ1) is 10.4. The molecule has 1 unspecified atom stereocenters. The smallest absolute Gasteiger partial charge is 0.223 e. The number of carbonyl (C=O) groups excluding carboxylic acids is 1. The van der Waals surface area contributed by atoms with Crippen LogP contribution in [0, 0.1) is 5.41 Å². The third-order valence-electron chi connectivity index (χ3n) is 4.66. The monoisotopic (exact) mass is 300 g/mol. The van der Waals surface area contributed by atoms with Gasteiger partial charge in [0.2, 0.25) is 5.91 Å². The van der Waals surface area contributed by atoms with Gasteiger partial charge in [-0.1, -0.05) is 51.1 Å². The van der Waals surface area contributed by atoms with Crippen LogP contribution in [-0.2, 0) is 4.79 Å². The Bertz CT molecular complexity index is 516. The maximum absolute atomic E-state index is 12.8. The number of carbonyl (C=O) groups is 1. The van der Waals surface area contributed by atoms with E-state index < -0.39 is 0 Å². The normalized spacial score (nSPS) is 23.6. The van der Waals surface area contributed by atoms with Gasteiger partial charge in [-0.2, -0.15) is 0 Å². The molecule has 2 fully saturated rings. The lowest BCUT2D eigenvalue weighted by molar-refractivity contribution is -0.138. The highest BCUT2D eigenvalue weighted by Gasteiger charge is 2.38. The van der Waals surface area contributed by atoms with Gasteiger partial charge in [0.15, 0.2) is 0 Å². The number of hydrogen-bond donors (Lipinski definition) is 0. The fraction of sp³-hybridized carbons (Fsp3) is 0.632. The van der Waals surface area contributed by atoms with E-state index in [4.69, 9.17) is 0 Å². The van der Waals surface area contributed by atoms with Crippen LogP contribution in [0.1, 0.15) is 51.6 Å². The molecule has 1 aliphatic carbocycles. The zero-order valence-electron chi connectivity index (χ0n) is 14.1. The van der Waals surface area contributed by atoms with Crippen molar-refractivity contribution < 1.29 is 4.79 Å². The average Bonchev–Trinajstić information content (AvgIpc) is 3.30. The fourth-order valence-electron chi connectivity index (χ4n) is 3.39. The molecular weight excluding hydrogens is 272 g/mol.